The summed E-state index contributed by atoms with van der Waals surface area (Å²) in [6.45, 7) is 14.0. The molecule has 2 N–H and O–H groups in total. The Kier molecular flexibility index (Phi) is 10.5. The van der Waals surface area contributed by atoms with E-state index in [2.05, 4.69) is 46.5 Å². The van der Waals surface area contributed by atoms with Crippen LogP contribution in [0.2, 0.25) is 0 Å². The molecule has 1 amide bonds. The molecule has 0 aliphatic carbocycles. The lowest BCUT2D eigenvalue weighted by Gasteiger charge is -2.28. The average molecular weight is 550 g/mol. The molecule has 2 rings (SSSR count). The van der Waals surface area contributed by atoms with Crippen molar-refractivity contribution in [1.29, 1.82) is 0 Å². The first-order valence-corrected chi connectivity index (χ1v) is 10.8. The summed E-state index contributed by atoms with van der Waals surface area (Å²) >= 11 is 0. The third-order valence-corrected chi connectivity index (χ3v) is 4.86. The van der Waals surface area contributed by atoms with Crippen LogP contribution in [0.3, 0.4) is 0 Å². The van der Waals surface area contributed by atoms with E-state index in [1.54, 1.807) is 19.0 Å². The largest absolute Gasteiger partial charge is 0.444 e. The Morgan fingerprint density at radius 1 is 1.35 bits per heavy atom. The number of hydrogen-bond acceptors (Lipinski definition) is 5. The summed E-state index contributed by atoms with van der Waals surface area (Å²) in [6.07, 6.45) is 1.60. The lowest BCUT2D eigenvalue weighted by Crippen LogP contribution is -2.48. The highest BCUT2D eigenvalue weighted by molar-refractivity contribution is 14.0. The van der Waals surface area contributed by atoms with Crippen LogP contribution in [0.15, 0.2) is 4.99 Å². The number of amides is 1. The summed E-state index contributed by atoms with van der Waals surface area (Å²) in [7, 11) is 3.54. The number of halogens is 1. The Bertz CT molecular complexity index is 743. The molecular formula is C21H40IN7O2. The molecule has 0 aromatic carbocycles. The van der Waals surface area contributed by atoms with Crippen molar-refractivity contribution in [3.63, 3.8) is 0 Å². The summed E-state index contributed by atoms with van der Waals surface area (Å²) in [5.74, 6) is 3.32. The molecule has 1 aliphatic rings. The maximum absolute atomic E-state index is 12.1. The van der Waals surface area contributed by atoms with Gasteiger partial charge < -0.3 is 20.3 Å². The summed E-state index contributed by atoms with van der Waals surface area (Å²) in [5, 5.41) is 11.5. The Hall–Kier alpha value is -1.59. The second-order valence-electron chi connectivity index (χ2n) is 9.52. The number of carbonyl (C=O) groups excluding carboxylic acids is 1. The minimum atomic E-state index is -0.487. The number of guanidine groups is 1. The monoisotopic (exact) mass is 549 g/mol. The summed E-state index contributed by atoms with van der Waals surface area (Å²) in [4.78, 5) is 22.7. The van der Waals surface area contributed by atoms with Gasteiger partial charge in [-0.25, -0.2) is 14.5 Å². The Labute approximate surface area is 203 Å². The van der Waals surface area contributed by atoms with Crippen LogP contribution in [0.25, 0.3) is 0 Å². The second kappa shape index (κ2) is 11.9. The predicted molar refractivity (Wildman–Crippen MR) is 134 cm³/mol. The van der Waals surface area contributed by atoms with Gasteiger partial charge in [-0.3, -0.25) is 4.99 Å². The molecule has 2 atom stereocenters. The topological polar surface area (TPSA) is 96.7 Å². The predicted octanol–water partition coefficient (Wildman–Crippen LogP) is 3.00. The SMILES string of the molecule is CN=C(NCC(C)CN(C)C(=O)OC(C)(C)C)NC1CCc2nc(C(C)C)nn2C1.I. The van der Waals surface area contributed by atoms with Gasteiger partial charge in [0, 0.05) is 45.6 Å². The highest BCUT2D eigenvalue weighted by Crippen LogP contribution is 2.17. The third kappa shape index (κ3) is 8.82. The smallest absolute Gasteiger partial charge is 0.410 e. The average Bonchev–Trinajstić information content (AvgIpc) is 3.07. The van der Waals surface area contributed by atoms with E-state index in [-0.39, 0.29) is 42.0 Å². The van der Waals surface area contributed by atoms with Crippen LogP contribution < -0.4 is 10.6 Å². The van der Waals surface area contributed by atoms with E-state index in [1.807, 2.05) is 25.5 Å². The van der Waals surface area contributed by atoms with Crippen LogP contribution in [0.1, 0.15) is 65.5 Å². The Morgan fingerprint density at radius 2 is 2.03 bits per heavy atom. The number of aryl methyl sites for hydroxylation is 1. The van der Waals surface area contributed by atoms with Gasteiger partial charge in [0.25, 0.3) is 0 Å². The van der Waals surface area contributed by atoms with E-state index in [1.165, 1.54) is 0 Å². The summed E-state index contributed by atoms with van der Waals surface area (Å²) in [5.41, 5.74) is -0.487. The van der Waals surface area contributed by atoms with Crippen LogP contribution in [0.5, 0.6) is 0 Å². The minimum absolute atomic E-state index is 0. The number of rotatable bonds is 6. The molecule has 0 spiro atoms. The number of aromatic nitrogens is 3. The molecule has 178 valence electrons. The number of hydrogen-bond donors (Lipinski definition) is 2. The second-order valence-corrected chi connectivity index (χ2v) is 9.52. The third-order valence-electron chi connectivity index (χ3n) is 4.86. The van der Waals surface area contributed by atoms with Gasteiger partial charge in [0.1, 0.15) is 11.4 Å². The van der Waals surface area contributed by atoms with Crippen molar-refractivity contribution in [2.75, 3.05) is 27.2 Å². The van der Waals surface area contributed by atoms with Gasteiger partial charge in [-0.05, 0) is 33.1 Å². The van der Waals surface area contributed by atoms with E-state index in [9.17, 15) is 4.79 Å². The van der Waals surface area contributed by atoms with E-state index >= 15 is 0 Å². The number of ether oxygens (including phenoxy) is 1. The molecule has 0 fully saturated rings. The van der Waals surface area contributed by atoms with Crippen molar-refractivity contribution in [2.45, 2.75) is 78.5 Å². The molecule has 10 heteroatoms. The zero-order chi connectivity index (χ0) is 22.5. The van der Waals surface area contributed by atoms with Crippen molar-refractivity contribution in [3.8, 4) is 0 Å². The fourth-order valence-electron chi connectivity index (χ4n) is 3.30. The lowest BCUT2D eigenvalue weighted by molar-refractivity contribution is 0.0278. The molecule has 2 heterocycles. The molecular weight excluding hydrogens is 509 g/mol. The Balaban J connectivity index is 0.00000480. The molecule has 31 heavy (non-hydrogen) atoms. The zero-order valence-electron chi connectivity index (χ0n) is 20.2. The van der Waals surface area contributed by atoms with Crippen LogP contribution >= 0.6 is 24.0 Å². The van der Waals surface area contributed by atoms with Crippen molar-refractivity contribution in [2.24, 2.45) is 10.9 Å². The fourth-order valence-corrected chi connectivity index (χ4v) is 3.30. The number of fused-ring (bicyclic) bond motifs is 1. The number of nitrogens with one attached hydrogen (secondary N) is 2. The highest BCUT2D eigenvalue weighted by Gasteiger charge is 2.24. The maximum atomic E-state index is 12.1. The van der Waals surface area contributed by atoms with Crippen LogP contribution in [-0.2, 0) is 17.7 Å². The van der Waals surface area contributed by atoms with Crippen molar-refractivity contribution in [3.05, 3.63) is 11.6 Å². The molecule has 1 aromatic rings. The van der Waals surface area contributed by atoms with Crippen LogP contribution in [0.4, 0.5) is 4.79 Å². The van der Waals surface area contributed by atoms with Crippen molar-refractivity contribution < 1.29 is 9.53 Å². The Morgan fingerprint density at radius 3 is 2.61 bits per heavy atom. The fraction of sp³-hybridized carbons (Fsp3) is 0.810. The molecule has 0 saturated heterocycles. The van der Waals surface area contributed by atoms with E-state index < -0.39 is 5.60 Å². The molecule has 1 aliphatic heterocycles. The van der Waals surface area contributed by atoms with Gasteiger partial charge in [0.15, 0.2) is 11.8 Å². The van der Waals surface area contributed by atoms with Gasteiger partial charge in [-0.15, -0.1) is 24.0 Å². The highest BCUT2D eigenvalue weighted by atomic mass is 127. The molecule has 1 aromatic heterocycles. The van der Waals surface area contributed by atoms with Gasteiger partial charge in [0.2, 0.25) is 0 Å². The normalized spacial score (nSPS) is 17.5. The van der Waals surface area contributed by atoms with E-state index in [0.29, 0.717) is 19.0 Å². The molecule has 0 bridgehead atoms. The molecule has 2 unspecified atom stereocenters. The molecule has 9 nitrogen and oxygen atoms in total. The van der Waals surface area contributed by atoms with Gasteiger partial charge >= 0.3 is 6.09 Å². The van der Waals surface area contributed by atoms with Gasteiger partial charge in [-0.1, -0.05) is 20.8 Å². The summed E-state index contributed by atoms with van der Waals surface area (Å²) < 4.78 is 7.43. The number of carbonyl (C=O) groups is 1. The molecule has 0 saturated carbocycles. The lowest BCUT2D eigenvalue weighted by atomic mass is 10.1. The first-order chi connectivity index (χ1) is 14.0. The van der Waals surface area contributed by atoms with Gasteiger partial charge in [-0.2, -0.15) is 5.10 Å². The standard InChI is InChI=1S/C21H39N7O2.HI/c1-14(2)18-25-17-10-9-16(13-28(17)26-18)24-19(22-7)23-11-15(3)12-27(8)20(29)30-21(4,5)6;/h14-16H,9-13H2,1-8H3,(H2,22,23,24);1H. The van der Waals surface area contributed by atoms with Crippen molar-refractivity contribution in [1.82, 2.24) is 30.3 Å². The first kappa shape index (κ1) is 27.4. The zero-order valence-corrected chi connectivity index (χ0v) is 22.6. The van der Waals surface area contributed by atoms with Gasteiger partial charge in [0.05, 0.1) is 6.54 Å². The quantitative estimate of drug-likeness (QED) is 0.322. The van der Waals surface area contributed by atoms with Crippen molar-refractivity contribution >= 4 is 36.0 Å². The van der Waals surface area contributed by atoms with E-state index in [0.717, 1.165) is 37.0 Å². The maximum Gasteiger partial charge on any atom is 0.410 e. The minimum Gasteiger partial charge on any atom is -0.444 e. The van der Waals surface area contributed by atoms with Crippen LogP contribution in [-0.4, -0.2) is 70.5 Å². The number of aliphatic imine (C=N–C) groups is 1. The summed E-state index contributed by atoms with van der Waals surface area (Å²) in [6, 6.07) is 0.255. The molecule has 0 radical (unpaired) electrons. The number of nitrogens with zero attached hydrogens (tertiary/aromatic N) is 5. The van der Waals surface area contributed by atoms with Crippen LogP contribution in [0, 0.1) is 5.92 Å². The first-order valence-electron chi connectivity index (χ1n) is 10.8. The van der Waals surface area contributed by atoms with E-state index in [4.69, 9.17) is 4.74 Å².